The zero-order valence-corrected chi connectivity index (χ0v) is 12.1. The maximum atomic E-state index is 13.5. The highest BCUT2D eigenvalue weighted by Crippen LogP contribution is 2.28. The van der Waals surface area contributed by atoms with E-state index >= 15 is 0 Å². The van der Waals surface area contributed by atoms with Crippen LogP contribution in [0.1, 0.15) is 13.8 Å². The fraction of sp³-hybridized carbons (Fsp3) is 0.455. The third-order valence-corrected chi connectivity index (χ3v) is 5.54. The quantitative estimate of drug-likeness (QED) is 0.801. The van der Waals surface area contributed by atoms with Crippen LogP contribution in [0.25, 0.3) is 0 Å². The molecule has 8 heteroatoms. The predicted octanol–water partition coefficient (Wildman–Crippen LogP) is 2.74. The first-order valence-corrected chi connectivity index (χ1v) is 7.21. The Morgan fingerprint density at radius 1 is 1.21 bits per heavy atom. The molecule has 1 rings (SSSR count). The summed E-state index contributed by atoms with van der Waals surface area (Å²) in [4.78, 5) is -1.19. The third kappa shape index (κ3) is 3.04. The molecule has 0 amide bonds. The van der Waals surface area contributed by atoms with Crippen LogP contribution in [-0.4, -0.2) is 31.2 Å². The van der Waals surface area contributed by atoms with Crippen LogP contribution >= 0.6 is 11.6 Å². The molecule has 0 radical (unpaired) electrons. The summed E-state index contributed by atoms with van der Waals surface area (Å²) in [7, 11) is -3.30. The summed E-state index contributed by atoms with van der Waals surface area (Å²) in [6.45, 7) is 2.99. The number of rotatable bonds is 4. The van der Waals surface area contributed by atoms with Gasteiger partial charge in [0.05, 0.1) is 0 Å². The Bertz CT molecular complexity index is 567. The minimum atomic E-state index is -4.45. The molecule has 0 saturated carbocycles. The van der Waals surface area contributed by atoms with Gasteiger partial charge in [0, 0.05) is 30.6 Å². The van der Waals surface area contributed by atoms with E-state index in [2.05, 4.69) is 0 Å². The van der Waals surface area contributed by atoms with Crippen LogP contribution < -0.4 is 0 Å². The molecule has 0 aliphatic heterocycles. The Morgan fingerprint density at radius 3 is 2.00 bits per heavy atom. The summed E-state index contributed by atoms with van der Waals surface area (Å²) < 4.78 is 64.9. The molecule has 1 aromatic carbocycles. The van der Waals surface area contributed by atoms with E-state index < -0.39 is 37.9 Å². The average molecular weight is 316 g/mol. The first-order valence-electron chi connectivity index (χ1n) is 5.23. The highest BCUT2D eigenvalue weighted by molar-refractivity contribution is 7.89. The molecule has 0 fully saturated rings. The second-order valence-corrected chi connectivity index (χ2v) is 6.79. The third-order valence-electron chi connectivity index (χ3n) is 2.76. The molecule has 0 spiro atoms. The molecule has 0 bridgehead atoms. The number of benzene rings is 1. The molecule has 19 heavy (non-hydrogen) atoms. The fourth-order valence-electron chi connectivity index (χ4n) is 1.32. The van der Waals surface area contributed by atoms with Gasteiger partial charge in [0.15, 0.2) is 4.90 Å². The largest absolute Gasteiger partial charge is 0.249 e. The van der Waals surface area contributed by atoms with E-state index in [0.29, 0.717) is 12.1 Å². The zero-order valence-electron chi connectivity index (χ0n) is 10.5. The maximum absolute atomic E-state index is 13.5. The Kier molecular flexibility index (Phi) is 4.54. The van der Waals surface area contributed by atoms with E-state index in [-0.39, 0.29) is 5.88 Å². The Balaban J connectivity index is 3.45. The number of nitrogens with zero attached hydrogens (tertiary/aromatic N) is 1. The number of halogens is 4. The van der Waals surface area contributed by atoms with Crippen LogP contribution in [0, 0.1) is 17.5 Å². The van der Waals surface area contributed by atoms with Gasteiger partial charge in [0.2, 0.25) is 10.0 Å². The number of hydrogen-bond donors (Lipinski definition) is 0. The predicted molar refractivity (Wildman–Crippen MR) is 66.1 cm³/mol. The van der Waals surface area contributed by atoms with Crippen molar-refractivity contribution in [3.8, 4) is 0 Å². The van der Waals surface area contributed by atoms with Crippen LogP contribution in [0.2, 0.25) is 0 Å². The van der Waals surface area contributed by atoms with Crippen LogP contribution in [0.4, 0.5) is 13.2 Å². The van der Waals surface area contributed by atoms with Crippen molar-refractivity contribution >= 4 is 21.6 Å². The molecular formula is C11H13ClF3NO2S. The van der Waals surface area contributed by atoms with Gasteiger partial charge in [-0.1, -0.05) is 0 Å². The lowest BCUT2D eigenvalue weighted by Crippen LogP contribution is -2.46. The number of sulfonamides is 1. The number of alkyl halides is 1. The molecule has 0 N–H and O–H groups in total. The van der Waals surface area contributed by atoms with Crippen LogP contribution in [-0.2, 0) is 10.0 Å². The van der Waals surface area contributed by atoms with E-state index in [9.17, 15) is 21.6 Å². The minimum absolute atomic E-state index is 0.0762. The Labute approximate surface area is 115 Å². The molecule has 0 aliphatic rings. The van der Waals surface area contributed by atoms with E-state index in [1.165, 1.54) is 13.8 Å². The van der Waals surface area contributed by atoms with E-state index in [0.717, 1.165) is 11.4 Å². The van der Waals surface area contributed by atoms with Gasteiger partial charge < -0.3 is 0 Å². The molecule has 0 heterocycles. The molecule has 3 nitrogen and oxygen atoms in total. The van der Waals surface area contributed by atoms with Crippen molar-refractivity contribution in [1.82, 2.24) is 4.31 Å². The SMILES string of the molecule is CN(C(C)(C)CCl)S(=O)(=O)c1c(F)cc(F)cc1F. The lowest BCUT2D eigenvalue weighted by Gasteiger charge is -2.32. The monoisotopic (exact) mass is 315 g/mol. The van der Waals surface area contributed by atoms with Gasteiger partial charge in [-0.15, -0.1) is 11.6 Å². The first-order chi connectivity index (χ1) is 8.54. The molecule has 108 valence electrons. The van der Waals surface area contributed by atoms with E-state index in [4.69, 9.17) is 11.6 Å². The number of hydrogen-bond acceptors (Lipinski definition) is 2. The topological polar surface area (TPSA) is 37.4 Å². The van der Waals surface area contributed by atoms with Gasteiger partial charge in [-0.25, -0.2) is 21.6 Å². The van der Waals surface area contributed by atoms with Gasteiger partial charge in [-0.05, 0) is 13.8 Å². The molecule has 0 saturated heterocycles. The molecule has 0 aliphatic carbocycles. The van der Waals surface area contributed by atoms with Gasteiger partial charge in [0.1, 0.15) is 17.5 Å². The lowest BCUT2D eigenvalue weighted by atomic mass is 10.1. The molecular weight excluding hydrogens is 303 g/mol. The first kappa shape index (κ1) is 16.3. The Morgan fingerprint density at radius 2 is 1.63 bits per heavy atom. The Hall–Kier alpha value is -0.790. The normalized spacial score (nSPS) is 13.1. The van der Waals surface area contributed by atoms with Gasteiger partial charge in [-0.2, -0.15) is 4.31 Å². The van der Waals surface area contributed by atoms with Crippen molar-refractivity contribution in [3.63, 3.8) is 0 Å². The van der Waals surface area contributed by atoms with Gasteiger partial charge in [0.25, 0.3) is 0 Å². The molecule has 0 unspecified atom stereocenters. The summed E-state index contributed by atoms with van der Waals surface area (Å²) in [6.07, 6.45) is 0. The lowest BCUT2D eigenvalue weighted by molar-refractivity contribution is 0.293. The average Bonchev–Trinajstić information content (AvgIpc) is 2.26. The summed E-state index contributed by atoms with van der Waals surface area (Å²) in [5, 5.41) is 0. The maximum Gasteiger partial charge on any atom is 0.249 e. The highest BCUT2D eigenvalue weighted by atomic mass is 35.5. The van der Waals surface area contributed by atoms with E-state index in [1.807, 2.05) is 0 Å². The summed E-state index contributed by atoms with van der Waals surface area (Å²) in [6, 6.07) is 0.634. The van der Waals surface area contributed by atoms with Gasteiger partial charge in [-0.3, -0.25) is 0 Å². The summed E-state index contributed by atoms with van der Waals surface area (Å²) in [5.41, 5.74) is -1.05. The van der Waals surface area contributed by atoms with Crippen molar-refractivity contribution < 1.29 is 21.6 Å². The molecule has 0 atom stereocenters. The van der Waals surface area contributed by atoms with Crippen molar-refractivity contribution in [2.45, 2.75) is 24.3 Å². The zero-order chi connectivity index (χ0) is 15.0. The van der Waals surface area contributed by atoms with Crippen LogP contribution in [0.15, 0.2) is 17.0 Å². The van der Waals surface area contributed by atoms with Crippen molar-refractivity contribution in [2.24, 2.45) is 0 Å². The van der Waals surface area contributed by atoms with Gasteiger partial charge >= 0.3 is 0 Å². The molecule has 1 aromatic rings. The minimum Gasteiger partial charge on any atom is -0.207 e. The molecule has 0 aromatic heterocycles. The van der Waals surface area contributed by atoms with Crippen molar-refractivity contribution in [1.29, 1.82) is 0 Å². The summed E-state index contributed by atoms with van der Waals surface area (Å²) in [5.74, 6) is -4.22. The second-order valence-electron chi connectivity index (χ2n) is 4.62. The van der Waals surface area contributed by atoms with E-state index in [1.54, 1.807) is 0 Å². The highest BCUT2D eigenvalue weighted by Gasteiger charge is 2.37. The summed E-state index contributed by atoms with van der Waals surface area (Å²) >= 11 is 5.63. The smallest absolute Gasteiger partial charge is 0.207 e. The standard InChI is InChI=1S/C11H13ClF3NO2S/c1-11(2,6-12)16(3)19(17,18)10-8(14)4-7(13)5-9(10)15/h4-5H,6H2,1-3H3. The van der Waals surface area contributed by atoms with Crippen LogP contribution in [0.5, 0.6) is 0 Å². The van der Waals surface area contributed by atoms with Crippen molar-refractivity contribution in [3.05, 3.63) is 29.6 Å². The fourth-order valence-corrected chi connectivity index (χ4v) is 3.17. The van der Waals surface area contributed by atoms with Crippen molar-refractivity contribution in [2.75, 3.05) is 12.9 Å². The van der Waals surface area contributed by atoms with Crippen LogP contribution in [0.3, 0.4) is 0 Å². The second kappa shape index (κ2) is 5.30.